The average Bonchev–Trinajstić information content (AvgIpc) is 3.23. The van der Waals surface area contributed by atoms with Gasteiger partial charge in [-0.15, -0.1) is 10.2 Å². The van der Waals surface area contributed by atoms with Gasteiger partial charge in [-0.2, -0.15) is 0 Å². The summed E-state index contributed by atoms with van der Waals surface area (Å²) in [4.78, 5) is 23.9. The minimum atomic E-state index is -0.0479. The van der Waals surface area contributed by atoms with Crippen LogP contribution in [0.1, 0.15) is 27.0 Å². The molecule has 0 atom stereocenters. The average molecular weight is 379 g/mol. The van der Waals surface area contributed by atoms with E-state index in [2.05, 4.69) is 21.6 Å². The van der Waals surface area contributed by atoms with Crippen LogP contribution in [0.5, 0.6) is 0 Å². The maximum absolute atomic E-state index is 12.4. The van der Waals surface area contributed by atoms with Gasteiger partial charge in [0.05, 0.1) is 12.2 Å². The van der Waals surface area contributed by atoms with E-state index in [1.165, 1.54) is 11.8 Å². The van der Waals surface area contributed by atoms with Crippen LogP contribution in [-0.2, 0) is 11.2 Å². The Morgan fingerprint density at radius 2 is 1.93 bits per heavy atom. The Kier molecular flexibility index (Phi) is 4.53. The smallest absolute Gasteiger partial charge is 0.277 e. The molecular formula is C20H17N3O3S. The first-order chi connectivity index (χ1) is 13.0. The first-order valence-corrected chi connectivity index (χ1v) is 9.47. The number of anilines is 1. The van der Waals surface area contributed by atoms with Gasteiger partial charge < -0.3 is 9.73 Å². The second kappa shape index (κ2) is 7.00. The van der Waals surface area contributed by atoms with Crippen molar-refractivity contribution in [2.45, 2.75) is 25.5 Å². The maximum Gasteiger partial charge on any atom is 0.277 e. The molecule has 0 unspecified atom stereocenters. The predicted octanol–water partition coefficient (Wildman–Crippen LogP) is 3.82. The van der Waals surface area contributed by atoms with Crippen molar-refractivity contribution in [3.63, 3.8) is 0 Å². The van der Waals surface area contributed by atoms with Crippen LogP contribution in [-0.4, -0.2) is 27.6 Å². The number of carbonyl (C=O) groups excluding carboxylic acids is 2. The number of nitrogens with one attached hydrogen (secondary N) is 1. The molecule has 0 spiro atoms. The molecule has 6 nitrogen and oxygen atoms in total. The van der Waals surface area contributed by atoms with E-state index >= 15 is 0 Å². The van der Waals surface area contributed by atoms with Crippen LogP contribution in [0.2, 0.25) is 0 Å². The monoisotopic (exact) mass is 379 g/mol. The van der Waals surface area contributed by atoms with E-state index in [0.717, 1.165) is 27.9 Å². The number of carbonyl (C=O) groups is 2. The van der Waals surface area contributed by atoms with Gasteiger partial charge in [0.2, 0.25) is 11.8 Å². The fourth-order valence-electron chi connectivity index (χ4n) is 3.10. The number of Topliss-reactive ketones (excluding diaryl/α,β-unsaturated/α-hetero) is 1. The number of hydrogen-bond donors (Lipinski definition) is 1. The van der Waals surface area contributed by atoms with Gasteiger partial charge in [0.25, 0.3) is 5.22 Å². The number of hydrogen-bond acceptors (Lipinski definition) is 6. The molecule has 3 aromatic rings. The number of nitrogens with zero attached hydrogens (tertiary/aromatic N) is 2. The fourth-order valence-corrected chi connectivity index (χ4v) is 3.75. The third kappa shape index (κ3) is 3.78. The van der Waals surface area contributed by atoms with Crippen molar-refractivity contribution >= 4 is 29.1 Å². The highest BCUT2D eigenvalue weighted by Crippen LogP contribution is 2.27. The summed E-state index contributed by atoms with van der Waals surface area (Å²) in [6.07, 6.45) is 0.312. The Morgan fingerprint density at radius 3 is 2.70 bits per heavy atom. The molecule has 0 aliphatic carbocycles. The number of benzene rings is 2. The molecule has 4 rings (SSSR count). The van der Waals surface area contributed by atoms with Crippen LogP contribution in [0.4, 0.5) is 5.69 Å². The molecule has 0 fully saturated rings. The van der Waals surface area contributed by atoms with Crippen molar-refractivity contribution in [1.29, 1.82) is 0 Å². The Labute approximate surface area is 160 Å². The SMILES string of the molecule is Cc1cc(C)cc(-c2nnc(SCC(=O)c3ccc4c(c3)CC(=O)N4)o2)c1. The van der Waals surface area contributed by atoms with Crippen molar-refractivity contribution in [2.75, 3.05) is 11.1 Å². The standard InChI is InChI=1S/C20H17N3O3S/c1-11-5-12(2)7-15(6-11)19-22-23-20(26-19)27-10-17(24)13-3-4-16-14(8-13)9-18(25)21-16/h3-8H,9-10H2,1-2H3,(H,21,25). The zero-order valence-corrected chi connectivity index (χ0v) is 15.7. The van der Waals surface area contributed by atoms with E-state index in [0.29, 0.717) is 23.1 Å². The van der Waals surface area contributed by atoms with Crippen molar-refractivity contribution in [3.05, 3.63) is 58.7 Å². The Balaban J connectivity index is 1.44. The van der Waals surface area contributed by atoms with Crippen molar-refractivity contribution in [1.82, 2.24) is 10.2 Å². The number of fused-ring (bicyclic) bond motifs is 1. The van der Waals surface area contributed by atoms with E-state index in [1.54, 1.807) is 18.2 Å². The Bertz CT molecular complexity index is 1040. The molecule has 1 aliphatic rings. The van der Waals surface area contributed by atoms with Gasteiger partial charge in [0, 0.05) is 16.8 Å². The Morgan fingerprint density at radius 1 is 1.15 bits per heavy atom. The second-order valence-corrected chi connectivity index (χ2v) is 7.48. The molecule has 0 bridgehead atoms. The fraction of sp³-hybridized carbons (Fsp3) is 0.200. The molecule has 27 heavy (non-hydrogen) atoms. The van der Waals surface area contributed by atoms with Crippen LogP contribution in [0, 0.1) is 13.8 Å². The van der Waals surface area contributed by atoms with E-state index in [4.69, 9.17) is 4.42 Å². The lowest BCUT2D eigenvalue weighted by molar-refractivity contribution is -0.115. The summed E-state index contributed by atoms with van der Waals surface area (Å²) in [7, 11) is 0. The molecule has 0 saturated carbocycles. The van der Waals surface area contributed by atoms with Crippen LogP contribution in [0.15, 0.2) is 46.0 Å². The summed E-state index contributed by atoms with van der Waals surface area (Å²) in [5.41, 5.74) is 5.32. The molecular weight excluding hydrogens is 362 g/mol. The molecule has 1 amide bonds. The van der Waals surface area contributed by atoms with E-state index in [-0.39, 0.29) is 17.4 Å². The summed E-state index contributed by atoms with van der Waals surface area (Å²) in [5.74, 6) is 0.537. The zero-order valence-electron chi connectivity index (χ0n) is 14.9. The normalized spacial score (nSPS) is 12.7. The number of amides is 1. The minimum Gasteiger partial charge on any atom is -0.411 e. The quantitative estimate of drug-likeness (QED) is 0.536. The molecule has 0 saturated heterocycles. The van der Waals surface area contributed by atoms with Gasteiger partial charge in [0.15, 0.2) is 5.78 Å². The van der Waals surface area contributed by atoms with Gasteiger partial charge >= 0.3 is 0 Å². The third-order valence-electron chi connectivity index (χ3n) is 4.25. The van der Waals surface area contributed by atoms with Gasteiger partial charge in [-0.05, 0) is 49.7 Å². The number of aryl methyl sites for hydroxylation is 2. The lowest BCUT2D eigenvalue weighted by Crippen LogP contribution is -2.03. The van der Waals surface area contributed by atoms with Gasteiger partial charge in [-0.3, -0.25) is 9.59 Å². The lowest BCUT2D eigenvalue weighted by atomic mass is 10.1. The van der Waals surface area contributed by atoms with Crippen LogP contribution < -0.4 is 5.32 Å². The largest absolute Gasteiger partial charge is 0.411 e. The highest BCUT2D eigenvalue weighted by atomic mass is 32.2. The second-order valence-electron chi connectivity index (χ2n) is 6.56. The maximum atomic E-state index is 12.4. The number of rotatable bonds is 5. The molecule has 136 valence electrons. The van der Waals surface area contributed by atoms with E-state index in [1.807, 2.05) is 26.0 Å². The first kappa shape index (κ1) is 17.5. The molecule has 0 radical (unpaired) electrons. The third-order valence-corrected chi connectivity index (χ3v) is 5.07. The summed E-state index contributed by atoms with van der Waals surface area (Å²) in [6, 6.07) is 11.3. The number of aromatic nitrogens is 2. The summed E-state index contributed by atoms with van der Waals surface area (Å²) < 4.78 is 5.69. The van der Waals surface area contributed by atoms with Gasteiger partial charge in [0.1, 0.15) is 0 Å². The van der Waals surface area contributed by atoms with Crippen LogP contribution in [0.3, 0.4) is 0 Å². The topological polar surface area (TPSA) is 85.1 Å². The van der Waals surface area contributed by atoms with Crippen LogP contribution >= 0.6 is 11.8 Å². The number of ketones is 1. The molecule has 1 aliphatic heterocycles. The minimum absolute atomic E-state index is 0.0475. The molecule has 1 N–H and O–H groups in total. The van der Waals surface area contributed by atoms with Crippen molar-refractivity contribution < 1.29 is 14.0 Å². The molecule has 7 heteroatoms. The van der Waals surface area contributed by atoms with E-state index in [9.17, 15) is 9.59 Å². The summed E-state index contributed by atoms with van der Waals surface area (Å²) in [5, 5.41) is 11.2. The lowest BCUT2D eigenvalue weighted by Gasteiger charge is -2.02. The van der Waals surface area contributed by atoms with Gasteiger partial charge in [-0.25, -0.2) is 0 Å². The highest BCUT2D eigenvalue weighted by molar-refractivity contribution is 7.99. The van der Waals surface area contributed by atoms with E-state index < -0.39 is 0 Å². The van der Waals surface area contributed by atoms with Crippen molar-refractivity contribution in [2.24, 2.45) is 0 Å². The highest BCUT2D eigenvalue weighted by Gasteiger charge is 2.19. The molecule has 1 aromatic heterocycles. The van der Waals surface area contributed by atoms with Crippen LogP contribution in [0.25, 0.3) is 11.5 Å². The Hall–Kier alpha value is -2.93. The van der Waals surface area contributed by atoms with Gasteiger partial charge in [-0.1, -0.05) is 29.0 Å². The first-order valence-electron chi connectivity index (χ1n) is 8.49. The molecule has 2 heterocycles. The number of thioether (sulfide) groups is 1. The predicted molar refractivity (Wildman–Crippen MR) is 103 cm³/mol. The summed E-state index contributed by atoms with van der Waals surface area (Å²) in [6.45, 7) is 4.03. The summed E-state index contributed by atoms with van der Waals surface area (Å²) >= 11 is 1.21. The molecule has 2 aromatic carbocycles. The zero-order chi connectivity index (χ0) is 19.0. The van der Waals surface area contributed by atoms with Crippen molar-refractivity contribution in [3.8, 4) is 11.5 Å².